The molecule has 1 fully saturated rings. The Bertz CT molecular complexity index is 553. The van der Waals surface area contributed by atoms with Gasteiger partial charge >= 0.3 is 0 Å². The molecule has 1 amide bonds. The molecule has 1 saturated heterocycles. The van der Waals surface area contributed by atoms with E-state index in [9.17, 15) is 4.79 Å². The Balaban J connectivity index is 1.93. The summed E-state index contributed by atoms with van der Waals surface area (Å²) in [6, 6.07) is 3.79. The average Bonchev–Trinajstić information content (AvgIpc) is 2.80. The van der Waals surface area contributed by atoms with Gasteiger partial charge in [0.1, 0.15) is 11.8 Å². The number of carbonyl (C=O) groups excluding carboxylic acids is 1. The third-order valence-electron chi connectivity index (χ3n) is 4.05. The molecule has 1 aliphatic rings. The molecule has 2 heterocycles. The van der Waals surface area contributed by atoms with E-state index in [1.54, 1.807) is 0 Å². The SMILES string of the molecule is Cc1c(CNC(C)C(=O)N2CCOCC2)cc(C#N)n1C. The van der Waals surface area contributed by atoms with E-state index in [-0.39, 0.29) is 11.9 Å². The van der Waals surface area contributed by atoms with Gasteiger partial charge in [0.2, 0.25) is 5.91 Å². The lowest BCUT2D eigenvalue weighted by atomic mass is 10.2. The van der Waals surface area contributed by atoms with Gasteiger partial charge in [-0.2, -0.15) is 5.26 Å². The van der Waals surface area contributed by atoms with E-state index in [1.807, 2.05) is 36.4 Å². The minimum Gasteiger partial charge on any atom is -0.378 e. The summed E-state index contributed by atoms with van der Waals surface area (Å²) >= 11 is 0. The molecular formula is C15H22N4O2. The van der Waals surface area contributed by atoms with Gasteiger partial charge in [-0.25, -0.2) is 0 Å². The largest absolute Gasteiger partial charge is 0.378 e. The lowest BCUT2D eigenvalue weighted by Gasteiger charge is -2.29. The number of amides is 1. The maximum Gasteiger partial charge on any atom is 0.239 e. The third kappa shape index (κ3) is 3.43. The second-order valence-corrected chi connectivity index (χ2v) is 5.35. The first-order valence-corrected chi connectivity index (χ1v) is 7.19. The van der Waals surface area contributed by atoms with E-state index in [0.29, 0.717) is 38.5 Å². The van der Waals surface area contributed by atoms with E-state index in [1.165, 1.54) is 0 Å². The number of morpholine rings is 1. The molecule has 1 aromatic heterocycles. The molecular weight excluding hydrogens is 268 g/mol. The zero-order valence-corrected chi connectivity index (χ0v) is 12.8. The highest BCUT2D eigenvalue weighted by Gasteiger charge is 2.22. The van der Waals surface area contributed by atoms with E-state index in [2.05, 4.69) is 11.4 Å². The maximum atomic E-state index is 12.3. The molecule has 6 nitrogen and oxygen atoms in total. The topological polar surface area (TPSA) is 70.3 Å². The second-order valence-electron chi connectivity index (χ2n) is 5.35. The number of nitriles is 1. The average molecular weight is 290 g/mol. The van der Waals surface area contributed by atoms with Crippen molar-refractivity contribution in [2.24, 2.45) is 7.05 Å². The summed E-state index contributed by atoms with van der Waals surface area (Å²) in [5, 5.41) is 12.3. The zero-order valence-electron chi connectivity index (χ0n) is 12.8. The Hall–Kier alpha value is -1.84. The van der Waals surface area contributed by atoms with Crippen LogP contribution < -0.4 is 5.32 Å². The first-order valence-electron chi connectivity index (χ1n) is 7.19. The van der Waals surface area contributed by atoms with Gasteiger partial charge in [0.05, 0.1) is 19.3 Å². The lowest BCUT2D eigenvalue weighted by Crippen LogP contribution is -2.49. The fraction of sp³-hybridized carbons (Fsp3) is 0.600. The predicted octanol–water partition coefficient (Wildman–Crippen LogP) is 0.542. The number of nitrogens with one attached hydrogen (secondary N) is 1. The molecule has 6 heteroatoms. The molecule has 0 spiro atoms. The second kappa shape index (κ2) is 6.74. The van der Waals surface area contributed by atoms with Crippen LogP contribution >= 0.6 is 0 Å². The third-order valence-corrected chi connectivity index (χ3v) is 4.05. The molecule has 21 heavy (non-hydrogen) atoms. The van der Waals surface area contributed by atoms with Crippen molar-refractivity contribution in [2.45, 2.75) is 26.4 Å². The monoisotopic (exact) mass is 290 g/mol. The number of ether oxygens (including phenoxy) is 1. The first kappa shape index (κ1) is 15.5. The van der Waals surface area contributed by atoms with Crippen molar-refractivity contribution in [3.8, 4) is 6.07 Å². The summed E-state index contributed by atoms with van der Waals surface area (Å²) in [4.78, 5) is 14.1. The molecule has 1 aliphatic heterocycles. The van der Waals surface area contributed by atoms with Crippen molar-refractivity contribution in [2.75, 3.05) is 26.3 Å². The molecule has 114 valence electrons. The molecule has 1 unspecified atom stereocenters. The summed E-state index contributed by atoms with van der Waals surface area (Å²) < 4.78 is 7.12. The predicted molar refractivity (Wildman–Crippen MR) is 78.6 cm³/mol. The Kier molecular flexibility index (Phi) is 4.99. The molecule has 2 rings (SSSR count). The number of hydrogen-bond acceptors (Lipinski definition) is 4. The fourth-order valence-corrected chi connectivity index (χ4v) is 2.46. The molecule has 1 aromatic rings. The van der Waals surface area contributed by atoms with Crippen molar-refractivity contribution in [1.82, 2.24) is 14.8 Å². The summed E-state index contributed by atoms with van der Waals surface area (Å²) in [6.45, 7) is 6.98. The smallest absolute Gasteiger partial charge is 0.239 e. The van der Waals surface area contributed by atoms with Crippen molar-refractivity contribution >= 4 is 5.91 Å². The van der Waals surface area contributed by atoms with Gasteiger partial charge in [0.15, 0.2) is 0 Å². The van der Waals surface area contributed by atoms with E-state index in [4.69, 9.17) is 10.00 Å². The summed E-state index contributed by atoms with van der Waals surface area (Å²) in [5.41, 5.74) is 2.73. The Morgan fingerprint density at radius 2 is 2.19 bits per heavy atom. The van der Waals surface area contributed by atoms with Gasteiger partial charge < -0.3 is 19.5 Å². The van der Waals surface area contributed by atoms with Crippen LogP contribution in [-0.2, 0) is 23.1 Å². The Morgan fingerprint density at radius 3 is 2.76 bits per heavy atom. The van der Waals surface area contributed by atoms with Crippen LogP contribution in [0.1, 0.15) is 23.9 Å². The van der Waals surface area contributed by atoms with Crippen LogP contribution in [0.5, 0.6) is 0 Å². The molecule has 0 aliphatic carbocycles. The van der Waals surface area contributed by atoms with Crippen LogP contribution in [-0.4, -0.2) is 47.7 Å². The normalized spacial score (nSPS) is 16.6. The van der Waals surface area contributed by atoms with Crippen LogP contribution in [0.15, 0.2) is 6.07 Å². The highest BCUT2D eigenvalue weighted by molar-refractivity contribution is 5.81. The minimum atomic E-state index is -0.242. The van der Waals surface area contributed by atoms with E-state index in [0.717, 1.165) is 11.3 Å². The molecule has 0 aromatic carbocycles. The van der Waals surface area contributed by atoms with E-state index < -0.39 is 0 Å². The zero-order chi connectivity index (χ0) is 15.4. The van der Waals surface area contributed by atoms with Crippen LogP contribution in [0.4, 0.5) is 0 Å². The fourth-order valence-electron chi connectivity index (χ4n) is 2.46. The van der Waals surface area contributed by atoms with Gasteiger partial charge in [-0.1, -0.05) is 0 Å². The standard InChI is InChI=1S/C15H22N4O2/c1-11(15(20)19-4-6-21-7-5-19)17-10-13-8-14(9-16)18(3)12(13)2/h8,11,17H,4-7,10H2,1-3H3. The van der Waals surface area contributed by atoms with Crippen LogP contribution in [0, 0.1) is 18.3 Å². The Morgan fingerprint density at radius 1 is 1.52 bits per heavy atom. The lowest BCUT2D eigenvalue weighted by molar-refractivity contribution is -0.137. The number of aromatic nitrogens is 1. The van der Waals surface area contributed by atoms with Crippen LogP contribution in [0.3, 0.4) is 0 Å². The maximum absolute atomic E-state index is 12.3. The summed E-state index contributed by atoms with van der Waals surface area (Å²) in [5.74, 6) is 0.104. The van der Waals surface area contributed by atoms with Gasteiger partial charge in [-0.3, -0.25) is 4.79 Å². The number of nitrogens with zero attached hydrogens (tertiary/aromatic N) is 3. The summed E-state index contributed by atoms with van der Waals surface area (Å²) in [6.07, 6.45) is 0. The van der Waals surface area contributed by atoms with Crippen molar-refractivity contribution < 1.29 is 9.53 Å². The molecule has 0 bridgehead atoms. The quantitative estimate of drug-likeness (QED) is 0.879. The summed E-state index contributed by atoms with van der Waals surface area (Å²) in [7, 11) is 1.87. The highest BCUT2D eigenvalue weighted by atomic mass is 16.5. The number of hydrogen-bond donors (Lipinski definition) is 1. The van der Waals surface area contributed by atoms with Crippen molar-refractivity contribution in [3.63, 3.8) is 0 Å². The number of carbonyl (C=O) groups is 1. The minimum absolute atomic E-state index is 0.104. The van der Waals surface area contributed by atoms with Gasteiger partial charge in [-0.15, -0.1) is 0 Å². The molecule has 1 atom stereocenters. The molecule has 0 saturated carbocycles. The molecule has 1 N–H and O–H groups in total. The Labute approximate surface area is 125 Å². The first-order chi connectivity index (χ1) is 10.0. The van der Waals surface area contributed by atoms with Gasteiger partial charge in [-0.05, 0) is 25.5 Å². The number of rotatable bonds is 4. The van der Waals surface area contributed by atoms with Crippen LogP contribution in [0.25, 0.3) is 0 Å². The van der Waals surface area contributed by atoms with Gasteiger partial charge in [0.25, 0.3) is 0 Å². The molecule has 0 radical (unpaired) electrons. The van der Waals surface area contributed by atoms with E-state index >= 15 is 0 Å². The van der Waals surface area contributed by atoms with Gasteiger partial charge in [0, 0.05) is 32.4 Å². The van der Waals surface area contributed by atoms with Crippen molar-refractivity contribution in [3.05, 3.63) is 23.0 Å². The van der Waals surface area contributed by atoms with Crippen LogP contribution in [0.2, 0.25) is 0 Å². The van der Waals surface area contributed by atoms with Crippen molar-refractivity contribution in [1.29, 1.82) is 5.26 Å². The highest BCUT2D eigenvalue weighted by Crippen LogP contribution is 2.13.